The van der Waals surface area contributed by atoms with Gasteiger partial charge in [-0.3, -0.25) is 4.68 Å². The Labute approximate surface area is 115 Å². The van der Waals surface area contributed by atoms with Crippen LogP contribution in [0.4, 0.5) is 0 Å². The minimum absolute atomic E-state index is 0.0279. The summed E-state index contributed by atoms with van der Waals surface area (Å²) >= 11 is 1.58. The smallest absolute Gasteiger partial charge is 0.339 e. The Morgan fingerprint density at radius 3 is 2.63 bits per heavy atom. The lowest BCUT2D eigenvalue weighted by molar-refractivity contribution is 0.0696. The zero-order chi connectivity index (χ0) is 14.2. The maximum absolute atomic E-state index is 11.0. The van der Waals surface area contributed by atoms with E-state index in [1.807, 2.05) is 5.38 Å². The SMILES string of the molecule is Cc1c(C(=O)O)cnn1Cc1nc(C(C)(C)C)cs1. The van der Waals surface area contributed by atoms with Crippen LogP contribution in [0.1, 0.15) is 47.5 Å². The molecule has 0 unspecified atom stereocenters. The van der Waals surface area contributed by atoms with Crippen LogP contribution < -0.4 is 0 Å². The van der Waals surface area contributed by atoms with Gasteiger partial charge in [0.1, 0.15) is 10.6 Å². The number of aromatic carboxylic acids is 1. The standard InChI is InChI=1S/C13H17N3O2S/c1-8-9(12(17)18)5-14-16(8)6-11-15-10(7-19-11)13(2,3)4/h5,7H,6H2,1-4H3,(H,17,18). The summed E-state index contributed by atoms with van der Waals surface area (Å²) in [5.74, 6) is -0.946. The molecule has 0 atom stereocenters. The van der Waals surface area contributed by atoms with Crippen LogP contribution in [0.15, 0.2) is 11.6 Å². The summed E-state index contributed by atoms with van der Waals surface area (Å²) in [6.07, 6.45) is 1.38. The Kier molecular flexibility index (Phi) is 3.45. The first-order valence-electron chi connectivity index (χ1n) is 5.99. The minimum atomic E-state index is -0.946. The van der Waals surface area contributed by atoms with Crippen LogP contribution in [-0.2, 0) is 12.0 Å². The fraction of sp³-hybridized carbons (Fsp3) is 0.462. The third-order valence-electron chi connectivity index (χ3n) is 2.94. The van der Waals surface area contributed by atoms with E-state index in [-0.39, 0.29) is 11.0 Å². The van der Waals surface area contributed by atoms with Crippen molar-refractivity contribution in [1.29, 1.82) is 0 Å². The van der Waals surface area contributed by atoms with Crippen LogP contribution in [0.25, 0.3) is 0 Å². The van der Waals surface area contributed by atoms with Gasteiger partial charge >= 0.3 is 5.97 Å². The normalized spacial score (nSPS) is 11.8. The van der Waals surface area contributed by atoms with Gasteiger partial charge in [-0.2, -0.15) is 5.10 Å². The molecule has 0 radical (unpaired) electrons. The highest BCUT2D eigenvalue weighted by Crippen LogP contribution is 2.24. The van der Waals surface area contributed by atoms with Gasteiger partial charge in [0.2, 0.25) is 0 Å². The van der Waals surface area contributed by atoms with Gasteiger partial charge in [0.25, 0.3) is 0 Å². The second kappa shape index (κ2) is 4.77. The van der Waals surface area contributed by atoms with E-state index in [1.54, 1.807) is 22.9 Å². The predicted octanol–water partition coefficient (Wildman–Crippen LogP) is 2.69. The van der Waals surface area contributed by atoms with Gasteiger partial charge in [0.05, 0.1) is 24.1 Å². The molecule has 0 aliphatic rings. The van der Waals surface area contributed by atoms with Gasteiger partial charge in [-0.1, -0.05) is 20.8 Å². The Bertz CT molecular complexity index is 608. The molecule has 0 saturated heterocycles. The second-order valence-electron chi connectivity index (χ2n) is 5.48. The molecule has 6 heteroatoms. The van der Waals surface area contributed by atoms with Crippen LogP contribution in [-0.4, -0.2) is 25.8 Å². The lowest BCUT2D eigenvalue weighted by Gasteiger charge is -2.14. The third kappa shape index (κ3) is 2.84. The molecule has 102 valence electrons. The van der Waals surface area contributed by atoms with Gasteiger partial charge in [-0.15, -0.1) is 11.3 Å². The number of carboxylic acid groups (broad SMARTS) is 1. The molecular formula is C13H17N3O2S. The van der Waals surface area contributed by atoms with Crippen molar-refractivity contribution >= 4 is 17.3 Å². The van der Waals surface area contributed by atoms with Gasteiger partial charge in [-0.25, -0.2) is 9.78 Å². The molecule has 0 fully saturated rings. The van der Waals surface area contributed by atoms with Gasteiger partial charge in [0.15, 0.2) is 0 Å². The first-order chi connectivity index (χ1) is 8.79. The van der Waals surface area contributed by atoms with Crippen molar-refractivity contribution in [2.45, 2.75) is 39.7 Å². The zero-order valence-corrected chi connectivity index (χ0v) is 12.3. The van der Waals surface area contributed by atoms with Crippen molar-refractivity contribution in [3.63, 3.8) is 0 Å². The molecule has 5 nitrogen and oxygen atoms in total. The largest absolute Gasteiger partial charge is 0.478 e. The van der Waals surface area contributed by atoms with E-state index in [0.29, 0.717) is 12.2 Å². The summed E-state index contributed by atoms with van der Waals surface area (Å²) in [6, 6.07) is 0. The van der Waals surface area contributed by atoms with Crippen molar-refractivity contribution in [1.82, 2.24) is 14.8 Å². The average Bonchev–Trinajstić information content (AvgIpc) is 2.87. The molecule has 2 heterocycles. The third-order valence-corrected chi connectivity index (χ3v) is 3.77. The van der Waals surface area contributed by atoms with Crippen LogP contribution in [0, 0.1) is 6.92 Å². The highest BCUT2D eigenvalue weighted by atomic mass is 32.1. The quantitative estimate of drug-likeness (QED) is 0.938. The lowest BCUT2D eigenvalue weighted by Crippen LogP contribution is -2.12. The summed E-state index contributed by atoms with van der Waals surface area (Å²) in [5, 5.41) is 16.1. The monoisotopic (exact) mass is 279 g/mol. The molecule has 0 bridgehead atoms. The van der Waals surface area contributed by atoms with E-state index in [1.165, 1.54) is 6.20 Å². The topological polar surface area (TPSA) is 68.0 Å². The van der Waals surface area contributed by atoms with Crippen LogP contribution >= 0.6 is 11.3 Å². The highest BCUT2D eigenvalue weighted by molar-refractivity contribution is 7.09. The van der Waals surface area contributed by atoms with E-state index < -0.39 is 5.97 Å². The number of aromatic nitrogens is 3. The van der Waals surface area contributed by atoms with Crippen molar-refractivity contribution in [2.24, 2.45) is 0 Å². The Morgan fingerprint density at radius 1 is 1.47 bits per heavy atom. The fourth-order valence-corrected chi connectivity index (χ4v) is 2.67. The van der Waals surface area contributed by atoms with Crippen molar-refractivity contribution in [3.8, 4) is 0 Å². The van der Waals surface area contributed by atoms with Crippen LogP contribution in [0.2, 0.25) is 0 Å². The maximum atomic E-state index is 11.0. The molecule has 2 rings (SSSR count). The Hall–Kier alpha value is -1.69. The molecule has 0 aromatic carbocycles. The van der Waals surface area contributed by atoms with Crippen LogP contribution in [0.3, 0.4) is 0 Å². The first-order valence-corrected chi connectivity index (χ1v) is 6.87. The summed E-state index contributed by atoms with van der Waals surface area (Å²) in [4.78, 5) is 15.5. The van der Waals surface area contributed by atoms with Gasteiger partial charge in [-0.05, 0) is 6.92 Å². The van der Waals surface area contributed by atoms with E-state index in [0.717, 1.165) is 10.7 Å². The summed E-state index contributed by atoms with van der Waals surface area (Å²) in [5.41, 5.74) is 1.98. The fourth-order valence-electron chi connectivity index (χ4n) is 1.67. The summed E-state index contributed by atoms with van der Waals surface area (Å²) in [7, 11) is 0. The van der Waals surface area contributed by atoms with E-state index >= 15 is 0 Å². The molecule has 1 N–H and O–H groups in total. The second-order valence-corrected chi connectivity index (χ2v) is 6.43. The molecule has 2 aromatic rings. The Morgan fingerprint density at radius 2 is 2.16 bits per heavy atom. The van der Waals surface area contributed by atoms with E-state index in [4.69, 9.17) is 5.11 Å². The number of hydrogen-bond acceptors (Lipinski definition) is 4. The molecular weight excluding hydrogens is 262 g/mol. The van der Waals surface area contributed by atoms with Crippen molar-refractivity contribution in [2.75, 3.05) is 0 Å². The lowest BCUT2D eigenvalue weighted by atomic mass is 9.93. The predicted molar refractivity (Wildman–Crippen MR) is 73.8 cm³/mol. The molecule has 19 heavy (non-hydrogen) atoms. The minimum Gasteiger partial charge on any atom is -0.478 e. The molecule has 0 spiro atoms. The highest BCUT2D eigenvalue weighted by Gasteiger charge is 2.18. The summed E-state index contributed by atoms with van der Waals surface area (Å²) < 4.78 is 1.68. The number of nitrogens with zero attached hydrogens (tertiary/aromatic N) is 3. The number of thiazole rings is 1. The zero-order valence-electron chi connectivity index (χ0n) is 11.5. The molecule has 0 aliphatic carbocycles. The first kappa shape index (κ1) is 13.7. The molecule has 0 aliphatic heterocycles. The van der Waals surface area contributed by atoms with Crippen molar-refractivity contribution in [3.05, 3.63) is 33.5 Å². The van der Waals surface area contributed by atoms with Gasteiger partial charge < -0.3 is 5.11 Å². The van der Waals surface area contributed by atoms with E-state index in [2.05, 4.69) is 30.9 Å². The maximum Gasteiger partial charge on any atom is 0.339 e. The molecule has 0 amide bonds. The number of hydrogen-bond donors (Lipinski definition) is 1. The summed E-state index contributed by atoms with van der Waals surface area (Å²) in [6.45, 7) is 8.63. The molecule has 2 aromatic heterocycles. The number of carboxylic acids is 1. The molecule has 0 saturated carbocycles. The average molecular weight is 279 g/mol. The number of carbonyl (C=O) groups is 1. The van der Waals surface area contributed by atoms with Crippen LogP contribution in [0.5, 0.6) is 0 Å². The van der Waals surface area contributed by atoms with E-state index in [9.17, 15) is 4.79 Å². The Balaban J connectivity index is 2.22. The van der Waals surface area contributed by atoms with Gasteiger partial charge in [0, 0.05) is 10.8 Å². The number of rotatable bonds is 3. The van der Waals surface area contributed by atoms with Crippen molar-refractivity contribution < 1.29 is 9.90 Å².